The van der Waals surface area contributed by atoms with E-state index in [1.54, 1.807) is 0 Å². The van der Waals surface area contributed by atoms with Gasteiger partial charge in [-0.25, -0.2) is 0 Å². The molecule has 5 nitrogen and oxygen atoms in total. The van der Waals surface area contributed by atoms with Gasteiger partial charge in [0.1, 0.15) is 5.75 Å². The Morgan fingerprint density at radius 2 is 2.05 bits per heavy atom. The van der Waals surface area contributed by atoms with E-state index in [9.17, 15) is 9.59 Å². The van der Waals surface area contributed by atoms with Crippen molar-refractivity contribution in [2.75, 3.05) is 20.3 Å². The molecule has 0 aliphatic carbocycles. The normalized spacial score (nSPS) is 9.76. The molecular formula is C16H21NO4. The van der Waals surface area contributed by atoms with Crippen molar-refractivity contribution < 1.29 is 19.1 Å². The number of nitrogens with one attached hydrogen (secondary N) is 1. The molecule has 0 radical (unpaired) electrons. The van der Waals surface area contributed by atoms with Crippen molar-refractivity contribution >= 4 is 11.9 Å². The number of amides is 1. The van der Waals surface area contributed by atoms with Crippen LogP contribution < -0.4 is 10.1 Å². The Morgan fingerprint density at radius 1 is 1.29 bits per heavy atom. The number of carbonyl (C=O) groups is 2. The number of ether oxygens (including phenoxy) is 2. The fourth-order valence-corrected chi connectivity index (χ4v) is 1.71. The van der Waals surface area contributed by atoms with Crippen LogP contribution in [-0.2, 0) is 20.7 Å². The van der Waals surface area contributed by atoms with Crippen LogP contribution in [0.25, 0.3) is 0 Å². The average Bonchev–Trinajstić information content (AvgIpc) is 2.51. The van der Waals surface area contributed by atoms with Gasteiger partial charge in [-0.2, -0.15) is 0 Å². The van der Waals surface area contributed by atoms with Crippen molar-refractivity contribution in [3.05, 3.63) is 42.5 Å². The zero-order valence-electron chi connectivity index (χ0n) is 12.3. The first kappa shape index (κ1) is 16.8. The molecule has 0 spiro atoms. The summed E-state index contributed by atoms with van der Waals surface area (Å²) in [6.45, 7) is 4.51. The molecule has 0 fully saturated rings. The second-order valence-corrected chi connectivity index (χ2v) is 4.41. The van der Waals surface area contributed by atoms with Gasteiger partial charge >= 0.3 is 5.97 Å². The minimum Gasteiger partial charge on any atom is -0.493 e. The third-order valence-electron chi connectivity index (χ3n) is 2.85. The summed E-state index contributed by atoms with van der Waals surface area (Å²) < 4.78 is 10.3. The van der Waals surface area contributed by atoms with Crippen molar-refractivity contribution in [2.45, 2.75) is 19.3 Å². The number of hydrogen-bond donors (Lipinski definition) is 1. The highest BCUT2D eigenvalue weighted by Gasteiger charge is 2.08. The molecule has 1 amide bonds. The SMILES string of the molecule is C=CC(=O)NCCCCOc1ccccc1CC(=O)OC. The summed E-state index contributed by atoms with van der Waals surface area (Å²) in [6, 6.07) is 7.39. The van der Waals surface area contributed by atoms with Crippen molar-refractivity contribution in [3.8, 4) is 5.75 Å². The molecule has 21 heavy (non-hydrogen) atoms. The molecule has 0 aliphatic rings. The lowest BCUT2D eigenvalue weighted by atomic mass is 10.1. The van der Waals surface area contributed by atoms with Crippen molar-refractivity contribution in [2.24, 2.45) is 0 Å². The van der Waals surface area contributed by atoms with Crippen LogP contribution in [-0.4, -0.2) is 32.1 Å². The Bertz CT molecular complexity index is 485. The van der Waals surface area contributed by atoms with Gasteiger partial charge < -0.3 is 14.8 Å². The molecule has 114 valence electrons. The van der Waals surface area contributed by atoms with Gasteiger partial charge in [0.15, 0.2) is 0 Å². The quantitative estimate of drug-likeness (QED) is 0.428. The van der Waals surface area contributed by atoms with E-state index in [0.717, 1.165) is 18.4 Å². The number of rotatable bonds is 9. The van der Waals surface area contributed by atoms with Gasteiger partial charge in [-0.15, -0.1) is 0 Å². The van der Waals surface area contributed by atoms with Gasteiger partial charge in [0.25, 0.3) is 0 Å². The summed E-state index contributed by atoms with van der Waals surface area (Å²) in [6.07, 6.45) is 3.07. The van der Waals surface area contributed by atoms with Gasteiger partial charge in [0.05, 0.1) is 20.1 Å². The molecule has 0 atom stereocenters. The van der Waals surface area contributed by atoms with Crippen molar-refractivity contribution in [3.63, 3.8) is 0 Å². The Kier molecular flexibility index (Phi) is 7.64. The van der Waals surface area contributed by atoms with E-state index < -0.39 is 0 Å². The fourth-order valence-electron chi connectivity index (χ4n) is 1.71. The largest absolute Gasteiger partial charge is 0.493 e. The van der Waals surface area contributed by atoms with E-state index in [1.807, 2.05) is 24.3 Å². The number of methoxy groups -OCH3 is 1. The molecule has 1 N–H and O–H groups in total. The molecule has 0 heterocycles. The van der Waals surface area contributed by atoms with E-state index in [1.165, 1.54) is 13.2 Å². The lowest BCUT2D eigenvalue weighted by Gasteiger charge is -2.10. The highest BCUT2D eigenvalue weighted by atomic mass is 16.5. The van der Waals surface area contributed by atoms with E-state index in [2.05, 4.69) is 16.6 Å². The third kappa shape index (κ3) is 6.61. The molecule has 1 rings (SSSR count). The number of unbranched alkanes of at least 4 members (excludes halogenated alkanes) is 1. The summed E-state index contributed by atoms with van der Waals surface area (Å²) in [4.78, 5) is 22.3. The molecule has 0 saturated carbocycles. The monoisotopic (exact) mass is 291 g/mol. The van der Waals surface area contributed by atoms with Gasteiger partial charge in [0.2, 0.25) is 5.91 Å². The van der Waals surface area contributed by atoms with Crippen LogP contribution in [0.2, 0.25) is 0 Å². The number of para-hydroxylation sites is 1. The fraction of sp³-hybridized carbons (Fsp3) is 0.375. The molecule has 0 unspecified atom stereocenters. The van der Waals surface area contributed by atoms with E-state index in [4.69, 9.17) is 4.74 Å². The van der Waals surface area contributed by atoms with Crippen LogP contribution >= 0.6 is 0 Å². The highest BCUT2D eigenvalue weighted by Crippen LogP contribution is 2.19. The summed E-state index contributed by atoms with van der Waals surface area (Å²) in [5.74, 6) is 0.232. The Balaban J connectivity index is 2.33. The number of benzene rings is 1. The molecule has 1 aromatic carbocycles. The summed E-state index contributed by atoms with van der Waals surface area (Å²) in [7, 11) is 1.36. The first-order valence-electron chi connectivity index (χ1n) is 6.85. The van der Waals surface area contributed by atoms with Gasteiger partial charge in [-0.3, -0.25) is 9.59 Å². The van der Waals surface area contributed by atoms with Crippen molar-refractivity contribution in [1.82, 2.24) is 5.32 Å². The van der Waals surface area contributed by atoms with Gasteiger partial charge in [0, 0.05) is 12.1 Å². The van der Waals surface area contributed by atoms with Crippen LogP contribution in [0.4, 0.5) is 0 Å². The first-order valence-corrected chi connectivity index (χ1v) is 6.85. The molecule has 1 aromatic rings. The van der Waals surface area contributed by atoms with E-state index in [0.29, 0.717) is 18.9 Å². The molecule has 0 aromatic heterocycles. The number of hydrogen-bond acceptors (Lipinski definition) is 4. The van der Waals surface area contributed by atoms with Crippen LogP contribution in [0.15, 0.2) is 36.9 Å². The molecular weight excluding hydrogens is 270 g/mol. The zero-order chi connectivity index (χ0) is 15.5. The van der Waals surface area contributed by atoms with Gasteiger partial charge in [-0.1, -0.05) is 24.8 Å². The standard InChI is InChI=1S/C16H21NO4/c1-3-15(18)17-10-6-7-11-21-14-9-5-4-8-13(14)12-16(19)20-2/h3-5,8-9H,1,6-7,10-12H2,2H3,(H,17,18). The van der Waals surface area contributed by atoms with Crippen LogP contribution in [0.1, 0.15) is 18.4 Å². The second-order valence-electron chi connectivity index (χ2n) is 4.41. The van der Waals surface area contributed by atoms with Crippen LogP contribution in [0, 0.1) is 0 Å². The second kappa shape index (κ2) is 9.58. The Labute approximate surface area is 124 Å². The minimum atomic E-state index is -0.293. The lowest BCUT2D eigenvalue weighted by Crippen LogP contribution is -2.22. The molecule has 0 bridgehead atoms. The smallest absolute Gasteiger partial charge is 0.310 e. The predicted octanol–water partition coefficient (Wildman–Crippen LogP) is 1.86. The zero-order valence-corrected chi connectivity index (χ0v) is 12.3. The maximum Gasteiger partial charge on any atom is 0.310 e. The van der Waals surface area contributed by atoms with Crippen LogP contribution in [0.3, 0.4) is 0 Å². The predicted molar refractivity (Wildman–Crippen MR) is 80.1 cm³/mol. The maximum absolute atomic E-state index is 11.3. The molecule has 0 aliphatic heterocycles. The number of esters is 1. The minimum absolute atomic E-state index is 0.167. The topological polar surface area (TPSA) is 64.6 Å². The lowest BCUT2D eigenvalue weighted by molar-refractivity contribution is -0.139. The molecule has 5 heteroatoms. The molecule has 0 saturated heterocycles. The van der Waals surface area contributed by atoms with E-state index in [-0.39, 0.29) is 18.3 Å². The first-order chi connectivity index (χ1) is 10.2. The Hall–Kier alpha value is -2.30. The summed E-state index contributed by atoms with van der Waals surface area (Å²) in [5, 5.41) is 2.70. The third-order valence-corrected chi connectivity index (χ3v) is 2.85. The Morgan fingerprint density at radius 3 is 2.76 bits per heavy atom. The average molecular weight is 291 g/mol. The number of carbonyl (C=O) groups excluding carboxylic acids is 2. The summed E-state index contributed by atoms with van der Waals surface area (Å²) in [5.41, 5.74) is 0.810. The van der Waals surface area contributed by atoms with E-state index >= 15 is 0 Å². The van der Waals surface area contributed by atoms with Crippen LogP contribution in [0.5, 0.6) is 5.75 Å². The maximum atomic E-state index is 11.3. The summed E-state index contributed by atoms with van der Waals surface area (Å²) >= 11 is 0. The van der Waals surface area contributed by atoms with Crippen molar-refractivity contribution in [1.29, 1.82) is 0 Å². The highest BCUT2D eigenvalue weighted by molar-refractivity contribution is 5.86. The van der Waals surface area contributed by atoms with Gasteiger partial charge in [-0.05, 0) is 25.0 Å².